The van der Waals surface area contributed by atoms with Crippen LogP contribution in [0.2, 0.25) is 0 Å². The third-order valence-electron chi connectivity index (χ3n) is 6.48. The van der Waals surface area contributed by atoms with E-state index < -0.39 is 5.82 Å². The summed E-state index contributed by atoms with van der Waals surface area (Å²) in [6.07, 6.45) is 6.92. The van der Waals surface area contributed by atoms with E-state index >= 15 is 0 Å². The van der Waals surface area contributed by atoms with E-state index in [0.717, 1.165) is 5.56 Å². The number of aromatic nitrogens is 3. The van der Waals surface area contributed by atoms with Crippen molar-refractivity contribution in [2.75, 3.05) is 6.61 Å². The fourth-order valence-electron chi connectivity index (χ4n) is 4.75. The fraction of sp³-hybridized carbons (Fsp3) is 0.107. The number of benzene rings is 2. The number of hydrogen-bond acceptors (Lipinski definition) is 7. The Morgan fingerprint density at radius 1 is 1.26 bits per heavy atom. The van der Waals surface area contributed by atoms with Gasteiger partial charge in [0.15, 0.2) is 17.4 Å². The molecule has 0 saturated heterocycles. The average Bonchev–Trinajstić information content (AvgIpc) is 3.54. The smallest absolute Gasteiger partial charge is 0.165 e. The van der Waals surface area contributed by atoms with E-state index in [1.165, 1.54) is 12.3 Å². The maximum atomic E-state index is 14.7. The summed E-state index contributed by atoms with van der Waals surface area (Å²) in [5.74, 6) is 1.14. The maximum absolute atomic E-state index is 14.7. The van der Waals surface area contributed by atoms with Crippen LogP contribution in [0.1, 0.15) is 29.2 Å². The Kier molecular flexibility index (Phi) is 5.65. The molecule has 0 fully saturated rings. The predicted molar refractivity (Wildman–Crippen MR) is 141 cm³/mol. The lowest BCUT2D eigenvalue weighted by Gasteiger charge is -2.35. The molecule has 2 aliphatic rings. The fourth-order valence-corrected chi connectivity index (χ4v) is 4.75. The van der Waals surface area contributed by atoms with Crippen molar-refractivity contribution >= 4 is 28.5 Å². The van der Waals surface area contributed by atoms with E-state index in [1.807, 2.05) is 23.1 Å². The minimum atomic E-state index is -0.429. The Bertz CT molecular complexity index is 1710. The first kappa shape index (κ1) is 23.1. The zero-order chi connectivity index (χ0) is 26.2. The van der Waals surface area contributed by atoms with Crippen molar-refractivity contribution in [1.82, 2.24) is 19.4 Å². The Morgan fingerprint density at radius 2 is 2.16 bits per heavy atom. The molecular weight excluding hydrogens is 483 g/mol. The molecule has 2 aliphatic heterocycles. The third-order valence-corrected chi connectivity index (χ3v) is 6.48. The minimum absolute atomic E-state index is 0.210. The van der Waals surface area contributed by atoms with Gasteiger partial charge in [-0.25, -0.2) is 19.4 Å². The van der Waals surface area contributed by atoms with Crippen molar-refractivity contribution in [3.63, 3.8) is 0 Å². The number of amidine groups is 2. The molecule has 0 amide bonds. The summed E-state index contributed by atoms with van der Waals surface area (Å²) < 4.78 is 22.1. The number of para-hydroxylation sites is 1. The van der Waals surface area contributed by atoms with Crippen LogP contribution in [0.25, 0.3) is 16.9 Å². The second-order valence-electron chi connectivity index (χ2n) is 8.69. The van der Waals surface area contributed by atoms with E-state index in [2.05, 4.69) is 22.6 Å². The molecule has 0 unspecified atom stereocenters. The molecule has 0 spiro atoms. The van der Waals surface area contributed by atoms with Crippen molar-refractivity contribution in [2.45, 2.75) is 12.5 Å². The first-order valence-corrected chi connectivity index (χ1v) is 11.9. The minimum Gasteiger partial charge on any atom is -0.490 e. The Balaban J connectivity index is 1.51. The number of rotatable bonds is 4. The van der Waals surface area contributed by atoms with Gasteiger partial charge in [-0.3, -0.25) is 9.55 Å². The van der Waals surface area contributed by atoms with Gasteiger partial charge in [0.25, 0.3) is 0 Å². The molecule has 0 radical (unpaired) electrons. The summed E-state index contributed by atoms with van der Waals surface area (Å²) in [5.41, 5.74) is 9.77. The Labute approximate surface area is 217 Å². The zero-order valence-electron chi connectivity index (χ0n) is 20.1. The van der Waals surface area contributed by atoms with Gasteiger partial charge >= 0.3 is 0 Å². The van der Waals surface area contributed by atoms with E-state index in [1.54, 1.807) is 47.6 Å². The lowest BCUT2D eigenvalue weighted by Crippen LogP contribution is -2.39. The van der Waals surface area contributed by atoms with Crippen LogP contribution in [-0.4, -0.2) is 37.7 Å². The van der Waals surface area contributed by atoms with Crippen LogP contribution in [-0.2, 0) is 0 Å². The molecule has 1 atom stereocenters. The summed E-state index contributed by atoms with van der Waals surface area (Å²) in [6.45, 7) is 4.49. The monoisotopic (exact) mass is 504 g/mol. The summed E-state index contributed by atoms with van der Waals surface area (Å²) in [7, 11) is 0. The van der Waals surface area contributed by atoms with Crippen LogP contribution in [0.3, 0.4) is 0 Å². The van der Waals surface area contributed by atoms with Crippen molar-refractivity contribution < 1.29 is 9.13 Å². The molecule has 0 aliphatic carbocycles. The van der Waals surface area contributed by atoms with E-state index in [4.69, 9.17) is 20.5 Å². The second-order valence-corrected chi connectivity index (χ2v) is 8.69. The van der Waals surface area contributed by atoms with Gasteiger partial charge in [0, 0.05) is 36.1 Å². The number of halogens is 1. The van der Waals surface area contributed by atoms with Gasteiger partial charge in [-0.15, -0.1) is 0 Å². The highest BCUT2D eigenvalue weighted by atomic mass is 19.1. The van der Waals surface area contributed by atoms with Gasteiger partial charge < -0.3 is 15.4 Å². The number of imidazole rings is 1. The van der Waals surface area contributed by atoms with E-state index in [0.29, 0.717) is 58.4 Å². The summed E-state index contributed by atoms with van der Waals surface area (Å²) >= 11 is 0. The van der Waals surface area contributed by atoms with Crippen LogP contribution in [0, 0.1) is 17.1 Å². The van der Waals surface area contributed by atoms with Gasteiger partial charge in [0.1, 0.15) is 23.7 Å². The molecule has 186 valence electrons. The highest BCUT2D eigenvalue weighted by Crippen LogP contribution is 2.41. The van der Waals surface area contributed by atoms with Gasteiger partial charge in [-0.05, 0) is 36.4 Å². The molecule has 4 aromatic rings. The number of aliphatic imine (C=N–C) groups is 2. The summed E-state index contributed by atoms with van der Waals surface area (Å²) in [5, 5.41) is 9.36. The number of nitrogens with two attached hydrogens (primary N) is 1. The number of ether oxygens (including phenoxy) is 1. The van der Waals surface area contributed by atoms with Crippen LogP contribution in [0.4, 0.5) is 4.39 Å². The molecule has 2 N–H and O–H groups in total. The number of nitriles is 1. The molecule has 0 bridgehead atoms. The highest BCUT2D eigenvalue weighted by molar-refractivity contribution is 6.21. The number of pyridine rings is 1. The lowest BCUT2D eigenvalue weighted by atomic mass is 9.97. The van der Waals surface area contributed by atoms with E-state index in [-0.39, 0.29) is 11.8 Å². The molecule has 4 heterocycles. The number of nitrogens with zero attached hydrogens (tertiary/aromatic N) is 7. The van der Waals surface area contributed by atoms with E-state index in [9.17, 15) is 9.65 Å². The molecule has 9 nitrogen and oxygen atoms in total. The first-order chi connectivity index (χ1) is 18.6. The molecule has 2 aromatic carbocycles. The maximum Gasteiger partial charge on any atom is 0.165 e. The topological polar surface area (TPSA) is 118 Å². The van der Waals surface area contributed by atoms with Gasteiger partial charge in [-0.1, -0.05) is 18.7 Å². The standard InChI is InChI=1S/C28H21FN8O/c1-17(36-16-33-22-8-7-18(13-30)12-25(22)36)34-28-23(14-31)35-27(19-4-3-10-32-15-19)37(28)24-9-11-38-26-20(24)5-2-6-21(26)29/h2-8,10,12,14-16,24H,1,9,11,31H2/b23-14+,34-28+/t24-/m1/s1. The predicted octanol–water partition coefficient (Wildman–Crippen LogP) is 4.36. The number of hydrogen-bond donors (Lipinski definition) is 1. The normalized spacial score (nSPS) is 18.8. The van der Waals surface area contributed by atoms with Gasteiger partial charge in [0.2, 0.25) is 0 Å². The molecule has 6 rings (SSSR count). The van der Waals surface area contributed by atoms with Crippen molar-refractivity contribution in [3.8, 4) is 11.8 Å². The Hall–Kier alpha value is -5.30. The SMILES string of the molecule is C=C(/N=C1\C(=C/N)N=C(c2cccnc2)N1[C@@H]1CCOc2c(F)cccc21)n1cnc2ccc(C#N)cc21. The quantitative estimate of drug-likeness (QED) is 0.441. The van der Waals surface area contributed by atoms with Crippen molar-refractivity contribution in [1.29, 1.82) is 5.26 Å². The van der Waals surface area contributed by atoms with Crippen LogP contribution in [0.5, 0.6) is 5.75 Å². The number of fused-ring (bicyclic) bond motifs is 2. The third kappa shape index (κ3) is 3.77. The largest absolute Gasteiger partial charge is 0.490 e. The molecular formula is C28H21FN8O. The van der Waals surface area contributed by atoms with Crippen molar-refractivity contribution in [3.05, 3.63) is 108 Å². The van der Waals surface area contributed by atoms with Gasteiger partial charge in [0.05, 0.1) is 35.3 Å². The molecule has 10 heteroatoms. The molecule has 2 aromatic heterocycles. The Morgan fingerprint density at radius 3 is 2.95 bits per heavy atom. The van der Waals surface area contributed by atoms with Gasteiger partial charge in [-0.2, -0.15) is 5.26 Å². The summed E-state index contributed by atoms with van der Waals surface area (Å²) in [6, 6.07) is 15.6. The van der Waals surface area contributed by atoms with Crippen molar-refractivity contribution in [2.24, 2.45) is 15.7 Å². The molecule has 0 saturated carbocycles. The summed E-state index contributed by atoms with van der Waals surface area (Å²) in [4.78, 5) is 20.3. The highest BCUT2D eigenvalue weighted by Gasteiger charge is 2.39. The van der Waals surface area contributed by atoms with Crippen LogP contribution < -0.4 is 10.5 Å². The average molecular weight is 505 g/mol. The lowest BCUT2D eigenvalue weighted by molar-refractivity contribution is 0.224. The van der Waals surface area contributed by atoms with Crippen LogP contribution >= 0.6 is 0 Å². The molecule has 38 heavy (non-hydrogen) atoms. The first-order valence-electron chi connectivity index (χ1n) is 11.9. The second kappa shape index (κ2) is 9.29. The van der Waals surface area contributed by atoms with Crippen LogP contribution in [0.15, 0.2) is 95.7 Å². The zero-order valence-corrected chi connectivity index (χ0v) is 20.1.